The average Bonchev–Trinajstić information content (AvgIpc) is 3.18. The molecule has 0 aromatic heterocycles. The molecule has 2 aromatic carbocycles. The van der Waals surface area contributed by atoms with Gasteiger partial charge in [0.15, 0.2) is 0 Å². The summed E-state index contributed by atoms with van der Waals surface area (Å²) < 4.78 is 19.1. The molecule has 6 heteroatoms. The Bertz CT molecular complexity index is 900. The Morgan fingerprint density at radius 2 is 1.93 bits per heavy atom. The quantitative estimate of drug-likeness (QED) is 0.752. The summed E-state index contributed by atoms with van der Waals surface area (Å²) in [7, 11) is 1.55. The number of carbonyl (C=O) groups excluding carboxylic acids is 2. The average molecular weight is 413 g/mol. The van der Waals surface area contributed by atoms with E-state index in [1.807, 2.05) is 6.07 Å². The van der Waals surface area contributed by atoms with Crippen molar-refractivity contribution in [3.63, 3.8) is 0 Å². The molecule has 1 fully saturated rings. The second-order valence-corrected chi connectivity index (χ2v) is 8.18. The maximum atomic E-state index is 13.8. The van der Waals surface area contributed by atoms with Gasteiger partial charge in [-0.05, 0) is 48.2 Å². The minimum Gasteiger partial charge on any atom is -0.497 e. The zero-order valence-corrected chi connectivity index (χ0v) is 17.7. The van der Waals surface area contributed by atoms with Gasteiger partial charge in [0.25, 0.3) is 5.91 Å². The Morgan fingerprint density at radius 3 is 2.63 bits per heavy atom. The highest BCUT2D eigenvalue weighted by Gasteiger charge is 2.40. The zero-order valence-electron chi connectivity index (χ0n) is 17.7. The Morgan fingerprint density at radius 1 is 1.17 bits per heavy atom. The van der Waals surface area contributed by atoms with Crippen LogP contribution in [-0.4, -0.2) is 43.5 Å². The van der Waals surface area contributed by atoms with Crippen LogP contribution in [0.2, 0.25) is 0 Å². The van der Waals surface area contributed by atoms with E-state index in [4.69, 9.17) is 4.74 Å². The second kappa shape index (κ2) is 9.74. The molecule has 2 amide bonds. The van der Waals surface area contributed by atoms with E-state index < -0.39 is 5.92 Å². The Hall–Kier alpha value is -2.89. The molecule has 5 nitrogen and oxygen atoms in total. The van der Waals surface area contributed by atoms with Crippen LogP contribution < -0.4 is 10.1 Å². The first-order valence-corrected chi connectivity index (χ1v) is 10.4. The summed E-state index contributed by atoms with van der Waals surface area (Å²) in [5, 5.41) is 3.00. The fourth-order valence-corrected chi connectivity index (χ4v) is 3.86. The van der Waals surface area contributed by atoms with Crippen LogP contribution in [0.1, 0.15) is 42.1 Å². The molecule has 0 bridgehead atoms. The van der Waals surface area contributed by atoms with Crippen molar-refractivity contribution in [1.82, 2.24) is 10.2 Å². The van der Waals surface area contributed by atoms with Gasteiger partial charge in [0.05, 0.1) is 13.0 Å². The number of hydrogen-bond acceptors (Lipinski definition) is 3. The lowest BCUT2D eigenvalue weighted by Gasteiger charge is -2.18. The lowest BCUT2D eigenvalue weighted by atomic mass is 9.88. The molecule has 0 unspecified atom stereocenters. The van der Waals surface area contributed by atoms with Gasteiger partial charge in [-0.1, -0.05) is 32.0 Å². The minimum atomic E-state index is -0.423. The van der Waals surface area contributed by atoms with Crippen LogP contribution >= 0.6 is 0 Å². The Kier molecular flexibility index (Phi) is 7.08. The molecule has 0 spiro atoms. The van der Waals surface area contributed by atoms with Gasteiger partial charge in [0, 0.05) is 31.1 Å². The molecule has 0 radical (unpaired) electrons. The first-order valence-electron chi connectivity index (χ1n) is 10.4. The van der Waals surface area contributed by atoms with Gasteiger partial charge >= 0.3 is 0 Å². The number of likely N-dealkylation sites (tertiary alicyclic amines) is 1. The van der Waals surface area contributed by atoms with Crippen molar-refractivity contribution in [3.8, 4) is 5.75 Å². The number of halogens is 1. The number of methoxy groups -OCH3 is 1. The van der Waals surface area contributed by atoms with E-state index in [0.717, 1.165) is 12.0 Å². The summed E-state index contributed by atoms with van der Waals surface area (Å²) in [5.74, 6) is -0.186. The van der Waals surface area contributed by atoms with Crippen LogP contribution in [0, 0.1) is 17.7 Å². The Labute approximate surface area is 177 Å². The maximum absolute atomic E-state index is 13.8. The molecular formula is C24H29FN2O3. The fourth-order valence-electron chi connectivity index (χ4n) is 3.86. The highest BCUT2D eigenvalue weighted by molar-refractivity contribution is 5.95. The normalized spacial score (nSPS) is 18.5. The third-order valence-electron chi connectivity index (χ3n) is 5.56. The molecule has 0 saturated carbocycles. The summed E-state index contributed by atoms with van der Waals surface area (Å²) in [4.78, 5) is 27.7. The minimum absolute atomic E-state index is 0.0918. The van der Waals surface area contributed by atoms with Gasteiger partial charge in [0.1, 0.15) is 11.6 Å². The van der Waals surface area contributed by atoms with Crippen molar-refractivity contribution in [3.05, 3.63) is 65.5 Å². The third-order valence-corrected chi connectivity index (χ3v) is 5.56. The molecule has 1 heterocycles. The molecule has 160 valence electrons. The van der Waals surface area contributed by atoms with E-state index in [0.29, 0.717) is 36.9 Å². The molecule has 0 aliphatic carbocycles. The predicted octanol–water partition coefficient (Wildman–Crippen LogP) is 3.85. The summed E-state index contributed by atoms with van der Waals surface area (Å²) >= 11 is 0. The smallest absolute Gasteiger partial charge is 0.254 e. The van der Waals surface area contributed by atoms with Gasteiger partial charge in [-0.15, -0.1) is 0 Å². The summed E-state index contributed by atoms with van der Waals surface area (Å²) in [6.45, 7) is 5.46. The number of benzene rings is 2. The van der Waals surface area contributed by atoms with E-state index in [-0.39, 0.29) is 23.5 Å². The lowest BCUT2D eigenvalue weighted by molar-refractivity contribution is -0.124. The molecule has 1 aliphatic heterocycles. The van der Waals surface area contributed by atoms with Gasteiger partial charge in [-0.2, -0.15) is 0 Å². The van der Waals surface area contributed by atoms with Crippen molar-refractivity contribution in [2.24, 2.45) is 11.8 Å². The topological polar surface area (TPSA) is 58.6 Å². The standard InChI is InChI=1S/C24H29FN2O3/c1-16(2)10-11-26-23(28)22-15-27(14-21(22)17-6-4-8-19(25)12-17)24(29)18-7-5-9-20(13-18)30-3/h4-9,12-13,16,21-22H,10-11,14-15H2,1-3H3,(H,26,28)/t21-,22-/m0/s1. The molecule has 2 aromatic rings. The van der Waals surface area contributed by atoms with Crippen molar-refractivity contribution in [1.29, 1.82) is 0 Å². The number of rotatable bonds is 7. The maximum Gasteiger partial charge on any atom is 0.254 e. The number of nitrogens with one attached hydrogen (secondary N) is 1. The van der Waals surface area contributed by atoms with Crippen LogP contribution in [-0.2, 0) is 4.79 Å². The molecular weight excluding hydrogens is 383 g/mol. The number of carbonyl (C=O) groups is 2. The van der Waals surface area contributed by atoms with Gasteiger partial charge in [-0.3, -0.25) is 9.59 Å². The highest BCUT2D eigenvalue weighted by Crippen LogP contribution is 2.34. The van der Waals surface area contributed by atoms with Crippen molar-refractivity contribution < 1.29 is 18.7 Å². The van der Waals surface area contributed by atoms with E-state index in [1.54, 1.807) is 42.3 Å². The number of amides is 2. The lowest BCUT2D eigenvalue weighted by Crippen LogP contribution is -2.36. The van der Waals surface area contributed by atoms with Crippen LogP contribution in [0.3, 0.4) is 0 Å². The number of ether oxygens (including phenoxy) is 1. The van der Waals surface area contributed by atoms with Gasteiger partial charge in [0.2, 0.25) is 5.91 Å². The van der Waals surface area contributed by atoms with Crippen LogP contribution in [0.25, 0.3) is 0 Å². The van der Waals surface area contributed by atoms with Crippen LogP contribution in [0.4, 0.5) is 4.39 Å². The Balaban J connectivity index is 1.81. The summed E-state index contributed by atoms with van der Waals surface area (Å²) in [6, 6.07) is 13.3. The first-order chi connectivity index (χ1) is 14.4. The number of nitrogens with zero attached hydrogens (tertiary/aromatic N) is 1. The third kappa shape index (κ3) is 5.17. The second-order valence-electron chi connectivity index (χ2n) is 8.18. The first kappa shape index (κ1) is 21.8. The predicted molar refractivity (Wildman–Crippen MR) is 114 cm³/mol. The molecule has 30 heavy (non-hydrogen) atoms. The largest absolute Gasteiger partial charge is 0.497 e. The summed E-state index contributed by atoms with van der Waals surface area (Å²) in [6.07, 6.45) is 0.884. The summed E-state index contributed by atoms with van der Waals surface area (Å²) in [5.41, 5.74) is 1.24. The SMILES string of the molecule is COc1cccc(C(=O)N2C[C@H](C(=O)NCCC(C)C)[C@H](c3cccc(F)c3)C2)c1. The molecule has 1 aliphatic rings. The van der Waals surface area contributed by atoms with Crippen LogP contribution in [0.5, 0.6) is 5.75 Å². The van der Waals surface area contributed by atoms with Gasteiger partial charge in [-0.25, -0.2) is 4.39 Å². The highest BCUT2D eigenvalue weighted by atomic mass is 19.1. The van der Waals surface area contributed by atoms with E-state index in [1.165, 1.54) is 12.1 Å². The van der Waals surface area contributed by atoms with E-state index in [9.17, 15) is 14.0 Å². The fraction of sp³-hybridized carbons (Fsp3) is 0.417. The molecule has 2 atom stereocenters. The van der Waals surface area contributed by atoms with Crippen molar-refractivity contribution in [2.45, 2.75) is 26.2 Å². The van der Waals surface area contributed by atoms with E-state index in [2.05, 4.69) is 19.2 Å². The van der Waals surface area contributed by atoms with Gasteiger partial charge < -0.3 is 15.0 Å². The zero-order chi connectivity index (χ0) is 21.7. The van der Waals surface area contributed by atoms with Crippen molar-refractivity contribution >= 4 is 11.8 Å². The van der Waals surface area contributed by atoms with Crippen molar-refractivity contribution in [2.75, 3.05) is 26.7 Å². The number of hydrogen-bond donors (Lipinski definition) is 1. The monoisotopic (exact) mass is 412 g/mol. The van der Waals surface area contributed by atoms with Crippen LogP contribution in [0.15, 0.2) is 48.5 Å². The molecule has 1 N–H and O–H groups in total. The molecule has 1 saturated heterocycles. The molecule has 3 rings (SSSR count). The van der Waals surface area contributed by atoms with E-state index >= 15 is 0 Å².